The molecule has 40 heavy (non-hydrogen) atoms. The molecule has 1 atom stereocenters. The highest BCUT2D eigenvalue weighted by Crippen LogP contribution is 2.28. The van der Waals surface area contributed by atoms with Gasteiger partial charge >= 0.3 is 5.69 Å². The van der Waals surface area contributed by atoms with Gasteiger partial charge in [0, 0.05) is 43.5 Å². The number of aromatic hydroxyl groups is 1. The third-order valence-electron chi connectivity index (χ3n) is 7.46. The van der Waals surface area contributed by atoms with Crippen molar-refractivity contribution in [3.63, 3.8) is 0 Å². The van der Waals surface area contributed by atoms with Crippen LogP contribution < -0.4 is 26.8 Å². The molecule has 0 aliphatic carbocycles. The second-order valence-corrected chi connectivity index (χ2v) is 9.90. The van der Waals surface area contributed by atoms with Crippen molar-refractivity contribution in [3.8, 4) is 5.75 Å². The smallest absolute Gasteiger partial charge is 0.331 e. The molecule has 3 N–H and O–H groups in total. The van der Waals surface area contributed by atoms with E-state index in [1.807, 2.05) is 52.3 Å². The van der Waals surface area contributed by atoms with Crippen molar-refractivity contribution < 1.29 is 13.9 Å². The minimum atomic E-state index is -0.775. The van der Waals surface area contributed by atoms with Crippen LogP contribution in [0.3, 0.4) is 0 Å². The van der Waals surface area contributed by atoms with Gasteiger partial charge in [-0.15, -0.1) is 0 Å². The number of halogens is 2. The van der Waals surface area contributed by atoms with E-state index in [2.05, 4.69) is 0 Å². The summed E-state index contributed by atoms with van der Waals surface area (Å²) in [5.41, 5.74) is 7.00. The number of rotatable bonds is 7. The van der Waals surface area contributed by atoms with Gasteiger partial charge in [-0.3, -0.25) is 13.9 Å². The molecule has 8 nitrogen and oxygen atoms in total. The number of hydrogen-bond acceptors (Lipinski definition) is 6. The van der Waals surface area contributed by atoms with E-state index in [-0.39, 0.29) is 30.1 Å². The number of para-hydroxylation sites is 2. The molecule has 0 bridgehead atoms. The molecule has 1 aliphatic heterocycles. The monoisotopic (exact) mass is 547 g/mol. The van der Waals surface area contributed by atoms with Crippen LogP contribution in [0, 0.1) is 18.6 Å². The van der Waals surface area contributed by atoms with E-state index in [0.717, 1.165) is 22.3 Å². The van der Waals surface area contributed by atoms with Crippen molar-refractivity contribution in [1.29, 1.82) is 0 Å². The van der Waals surface area contributed by atoms with E-state index in [9.17, 15) is 23.5 Å². The molecule has 208 valence electrons. The van der Waals surface area contributed by atoms with Crippen molar-refractivity contribution in [2.45, 2.75) is 26.1 Å². The molecule has 3 aromatic carbocycles. The summed E-state index contributed by atoms with van der Waals surface area (Å²) < 4.78 is 31.6. The number of anilines is 2. The molecule has 1 fully saturated rings. The first kappa shape index (κ1) is 27.1. The fourth-order valence-corrected chi connectivity index (χ4v) is 5.24. The Hall–Kier alpha value is -4.44. The number of nitrogens with two attached hydrogens (primary N) is 1. The molecule has 0 amide bonds. The first-order valence-electron chi connectivity index (χ1n) is 13.1. The lowest BCUT2D eigenvalue weighted by Gasteiger charge is -2.38. The zero-order valence-corrected chi connectivity index (χ0v) is 22.1. The topological polar surface area (TPSA) is 96.7 Å². The summed E-state index contributed by atoms with van der Waals surface area (Å²) >= 11 is 0. The zero-order chi connectivity index (χ0) is 28.4. The predicted octanol–water partition coefficient (Wildman–Crippen LogP) is 3.38. The number of phenols is 1. The van der Waals surface area contributed by atoms with Crippen molar-refractivity contribution in [1.82, 2.24) is 9.13 Å². The van der Waals surface area contributed by atoms with E-state index < -0.39 is 28.9 Å². The fourth-order valence-electron chi connectivity index (χ4n) is 5.24. The molecule has 1 aliphatic rings. The van der Waals surface area contributed by atoms with Crippen LogP contribution in [0.2, 0.25) is 0 Å². The lowest BCUT2D eigenvalue weighted by Crippen LogP contribution is -2.51. The summed E-state index contributed by atoms with van der Waals surface area (Å²) in [6.45, 7) is 3.03. The van der Waals surface area contributed by atoms with Crippen molar-refractivity contribution in [2.24, 2.45) is 5.73 Å². The predicted molar refractivity (Wildman–Crippen MR) is 151 cm³/mol. The molecule has 0 spiro atoms. The van der Waals surface area contributed by atoms with Crippen LogP contribution in [0.15, 0.2) is 82.4 Å². The maximum absolute atomic E-state index is 14.6. The third kappa shape index (κ3) is 5.22. The Morgan fingerprint density at radius 3 is 2.08 bits per heavy atom. The van der Waals surface area contributed by atoms with E-state index in [1.54, 1.807) is 19.1 Å². The Balaban J connectivity index is 1.55. The maximum Gasteiger partial charge on any atom is 0.331 e. The summed E-state index contributed by atoms with van der Waals surface area (Å²) in [5, 5.41) is 10.3. The molecule has 2 heterocycles. The second kappa shape index (κ2) is 11.4. The van der Waals surface area contributed by atoms with Gasteiger partial charge in [0.15, 0.2) is 0 Å². The Morgan fingerprint density at radius 1 is 0.825 bits per heavy atom. The minimum Gasteiger partial charge on any atom is -0.506 e. The normalized spacial score (nSPS) is 14.4. The number of hydrogen-bond donors (Lipinski definition) is 2. The minimum absolute atomic E-state index is 0.105. The highest BCUT2D eigenvalue weighted by molar-refractivity contribution is 5.59. The van der Waals surface area contributed by atoms with E-state index in [1.165, 1.54) is 10.6 Å². The number of piperazine rings is 1. The van der Waals surface area contributed by atoms with Crippen LogP contribution in [-0.4, -0.2) is 40.4 Å². The maximum atomic E-state index is 14.6. The molecule has 0 saturated carbocycles. The van der Waals surface area contributed by atoms with Crippen LogP contribution in [0.4, 0.5) is 20.2 Å². The molecular formula is C30H31F2N5O3. The standard InChI is InChI=1S/C30H31F2N5O3/c1-20-28(35-16-14-34(15-17-35)26-12-5-6-13-27(26)38)29(39)37(19-25(33)21-8-3-2-4-9-21)30(40)36(20)18-22-23(31)10-7-11-24(22)32/h2-13,25,38H,14-19,33H2,1H3/t25-/m1/s1. The largest absolute Gasteiger partial charge is 0.506 e. The second-order valence-electron chi connectivity index (χ2n) is 9.90. The Labute approximate surface area is 230 Å². The van der Waals surface area contributed by atoms with Gasteiger partial charge in [-0.1, -0.05) is 48.5 Å². The van der Waals surface area contributed by atoms with Gasteiger partial charge in [-0.25, -0.2) is 13.6 Å². The highest BCUT2D eigenvalue weighted by atomic mass is 19.1. The van der Waals surface area contributed by atoms with Gasteiger partial charge in [0.1, 0.15) is 23.1 Å². The first-order chi connectivity index (χ1) is 19.3. The van der Waals surface area contributed by atoms with E-state index in [4.69, 9.17) is 5.73 Å². The van der Waals surface area contributed by atoms with Gasteiger partial charge in [0.05, 0.1) is 18.8 Å². The third-order valence-corrected chi connectivity index (χ3v) is 7.46. The van der Waals surface area contributed by atoms with Crippen LogP contribution in [0.25, 0.3) is 0 Å². The van der Waals surface area contributed by atoms with Gasteiger partial charge in [0.2, 0.25) is 0 Å². The lowest BCUT2D eigenvalue weighted by molar-refractivity contribution is 0.471. The van der Waals surface area contributed by atoms with E-state index >= 15 is 0 Å². The number of benzene rings is 3. The van der Waals surface area contributed by atoms with Crippen LogP contribution in [-0.2, 0) is 13.1 Å². The quantitative estimate of drug-likeness (QED) is 0.368. The highest BCUT2D eigenvalue weighted by Gasteiger charge is 2.27. The first-order valence-corrected chi connectivity index (χ1v) is 13.1. The Morgan fingerprint density at radius 2 is 1.43 bits per heavy atom. The molecule has 1 saturated heterocycles. The molecule has 1 aromatic heterocycles. The zero-order valence-electron chi connectivity index (χ0n) is 22.1. The summed E-state index contributed by atoms with van der Waals surface area (Å²) in [6.07, 6.45) is 0. The van der Waals surface area contributed by atoms with Crippen molar-refractivity contribution in [3.05, 3.63) is 122 Å². The summed E-state index contributed by atoms with van der Waals surface area (Å²) in [4.78, 5) is 31.5. The average molecular weight is 548 g/mol. The number of nitrogens with zero attached hydrogens (tertiary/aromatic N) is 4. The molecule has 5 rings (SSSR count). The Bertz CT molecular complexity index is 1610. The Kier molecular flexibility index (Phi) is 7.70. The summed E-state index contributed by atoms with van der Waals surface area (Å²) in [7, 11) is 0. The molecule has 4 aromatic rings. The van der Waals surface area contributed by atoms with Gasteiger partial charge in [-0.2, -0.15) is 0 Å². The van der Waals surface area contributed by atoms with Crippen LogP contribution in [0.5, 0.6) is 5.75 Å². The van der Waals surface area contributed by atoms with Crippen molar-refractivity contribution >= 4 is 11.4 Å². The van der Waals surface area contributed by atoms with Gasteiger partial charge < -0.3 is 20.6 Å². The number of aromatic nitrogens is 2. The molecular weight excluding hydrogens is 516 g/mol. The number of phenolic OH excluding ortho intramolecular Hbond substituents is 1. The molecule has 0 radical (unpaired) electrons. The van der Waals surface area contributed by atoms with Gasteiger partial charge in [0.25, 0.3) is 5.56 Å². The lowest BCUT2D eigenvalue weighted by atomic mass is 10.1. The summed E-state index contributed by atoms with van der Waals surface area (Å²) in [6, 6.07) is 19.1. The fraction of sp³-hybridized carbons (Fsp3) is 0.267. The van der Waals surface area contributed by atoms with Crippen LogP contribution >= 0.6 is 0 Å². The molecule has 0 unspecified atom stereocenters. The summed E-state index contributed by atoms with van der Waals surface area (Å²) in [5.74, 6) is -1.38. The van der Waals surface area contributed by atoms with Gasteiger partial charge in [-0.05, 0) is 36.8 Å². The molecule has 10 heteroatoms. The average Bonchev–Trinajstić information content (AvgIpc) is 2.96. The van der Waals surface area contributed by atoms with Crippen molar-refractivity contribution in [2.75, 3.05) is 36.0 Å². The SMILES string of the molecule is Cc1c(N2CCN(c3ccccc3O)CC2)c(=O)n(C[C@@H](N)c2ccccc2)c(=O)n1Cc1c(F)cccc1F. The van der Waals surface area contributed by atoms with Crippen LogP contribution in [0.1, 0.15) is 22.9 Å². The van der Waals surface area contributed by atoms with E-state index in [0.29, 0.717) is 37.6 Å².